The van der Waals surface area contributed by atoms with E-state index < -0.39 is 0 Å². The highest BCUT2D eigenvalue weighted by Gasteiger charge is 2.12. The second kappa shape index (κ2) is 11.4. The van der Waals surface area contributed by atoms with Crippen LogP contribution >= 0.6 is 11.6 Å². The molecule has 0 spiro atoms. The van der Waals surface area contributed by atoms with Gasteiger partial charge in [-0.05, 0) is 30.5 Å². The van der Waals surface area contributed by atoms with E-state index in [2.05, 4.69) is 10.6 Å². The van der Waals surface area contributed by atoms with Crippen molar-refractivity contribution in [1.82, 2.24) is 10.6 Å². The molecule has 0 saturated heterocycles. The first kappa shape index (κ1) is 19.1. The highest BCUT2D eigenvalue weighted by molar-refractivity contribution is 6.30. The molecule has 0 heterocycles. The van der Waals surface area contributed by atoms with E-state index >= 15 is 0 Å². The molecule has 1 aromatic rings. The number of halogens is 1. The quantitative estimate of drug-likeness (QED) is 0.709. The van der Waals surface area contributed by atoms with Gasteiger partial charge in [0.1, 0.15) is 0 Å². The highest BCUT2D eigenvalue weighted by Crippen LogP contribution is 2.17. The predicted octanol–water partition coefficient (Wildman–Crippen LogP) is 5.81. The zero-order chi connectivity index (χ0) is 17.0. The third-order valence-corrected chi connectivity index (χ3v) is 5.02. The van der Waals surface area contributed by atoms with E-state index in [1.165, 1.54) is 57.8 Å². The summed E-state index contributed by atoms with van der Waals surface area (Å²) in [6.45, 7) is 0.513. The number of hydrogen-bond acceptors (Lipinski definition) is 1. The lowest BCUT2D eigenvalue weighted by Gasteiger charge is -2.20. The van der Waals surface area contributed by atoms with Gasteiger partial charge in [0.25, 0.3) is 0 Å². The number of benzene rings is 1. The predicted molar refractivity (Wildman–Crippen MR) is 101 cm³/mol. The second-order valence-corrected chi connectivity index (χ2v) is 7.35. The summed E-state index contributed by atoms with van der Waals surface area (Å²) in [5.41, 5.74) is 1.02. The molecule has 0 radical (unpaired) electrons. The Morgan fingerprint density at radius 3 is 2.12 bits per heavy atom. The Hall–Kier alpha value is -1.22. The minimum Gasteiger partial charge on any atom is -0.335 e. The maximum atomic E-state index is 12.2. The number of amides is 2. The Morgan fingerprint density at radius 1 is 0.958 bits per heavy atom. The number of carbonyl (C=O) groups is 1. The van der Waals surface area contributed by atoms with Crippen molar-refractivity contribution in [3.8, 4) is 0 Å². The summed E-state index contributed by atoms with van der Waals surface area (Å²) in [5.74, 6) is 0. The number of nitrogens with one attached hydrogen (secondary N) is 2. The summed E-state index contributed by atoms with van der Waals surface area (Å²) in [6, 6.07) is 7.86. The Balaban J connectivity index is 1.74. The van der Waals surface area contributed by atoms with E-state index in [4.69, 9.17) is 11.6 Å². The summed E-state index contributed by atoms with van der Waals surface area (Å²) >= 11 is 5.97. The highest BCUT2D eigenvalue weighted by atomic mass is 35.5. The van der Waals surface area contributed by atoms with Crippen LogP contribution in [0.2, 0.25) is 5.02 Å². The van der Waals surface area contributed by atoms with Crippen molar-refractivity contribution in [1.29, 1.82) is 0 Å². The molecule has 24 heavy (non-hydrogen) atoms. The molecule has 2 rings (SSSR count). The second-order valence-electron chi connectivity index (χ2n) is 6.91. The van der Waals surface area contributed by atoms with Crippen molar-refractivity contribution >= 4 is 17.6 Å². The van der Waals surface area contributed by atoms with Crippen LogP contribution in [0.25, 0.3) is 0 Å². The minimum absolute atomic E-state index is 0.0629. The first-order valence-corrected chi connectivity index (χ1v) is 9.90. The van der Waals surface area contributed by atoms with Crippen LogP contribution < -0.4 is 10.6 Å². The van der Waals surface area contributed by atoms with Crippen molar-refractivity contribution in [3.05, 3.63) is 34.9 Å². The molecule has 3 nitrogen and oxygen atoms in total. The summed E-state index contributed by atoms with van der Waals surface area (Å²) < 4.78 is 0. The standard InChI is InChI=1S/C20H31ClN2O/c21-18-12-10-11-17(15-18)16-22-20(24)23-19-13-8-6-4-2-1-3-5-7-9-14-19/h10-12,15,19H,1-9,13-14,16H2,(H2,22,23,24). The molecule has 1 aliphatic carbocycles. The van der Waals surface area contributed by atoms with Crippen molar-refractivity contribution in [2.75, 3.05) is 0 Å². The summed E-state index contributed by atoms with van der Waals surface area (Å²) in [4.78, 5) is 12.2. The molecule has 0 aliphatic heterocycles. The first-order valence-electron chi connectivity index (χ1n) is 9.53. The number of carbonyl (C=O) groups excluding carboxylic acids is 1. The summed E-state index contributed by atoms with van der Waals surface area (Å²) in [5, 5.41) is 6.83. The smallest absolute Gasteiger partial charge is 0.315 e. The van der Waals surface area contributed by atoms with Crippen LogP contribution in [0.15, 0.2) is 24.3 Å². The molecule has 134 valence electrons. The van der Waals surface area contributed by atoms with Gasteiger partial charge < -0.3 is 10.6 Å². The molecule has 0 bridgehead atoms. The van der Waals surface area contributed by atoms with Gasteiger partial charge in [0, 0.05) is 17.6 Å². The summed E-state index contributed by atoms with van der Waals surface area (Å²) in [6.07, 6.45) is 14.1. The molecule has 2 N–H and O–H groups in total. The molecular weight excluding hydrogens is 320 g/mol. The average Bonchev–Trinajstić information content (AvgIpc) is 2.55. The van der Waals surface area contributed by atoms with Crippen LogP contribution in [0, 0.1) is 0 Å². The Labute approximate surface area is 151 Å². The molecule has 1 aromatic carbocycles. The molecule has 1 fully saturated rings. The van der Waals surface area contributed by atoms with Gasteiger partial charge in [0.15, 0.2) is 0 Å². The fourth-order valence-electron chi connectivity index (χ4n) is 3.37. The number of urea groups is 1. The normalized spacial score (nSPS) is 18.2. The first-order chi connectivity index (χ1) is 11.7. The van der Waals surface area contributed by atoms with E-state index in [0.29, 0.717) is 17.6 Å². The fraction of sp³-hybridized carbons (Fsp3) is 0.650. The van der Waals surface area contributed by atoms with Crippen molar-refractivity contribution in [3.63, 3.8) is 0 Å². The minimum atomic E-state index is -0.0629. The van der Waals surface area contributed by atoms with Crippen LogP contribution in [-0.4, -0.2) is 12.1 Å². The fourth-order valence-corrected chi connectivity index (χ4v) is 3.59. The van der Waals surface area contributed by atoms with E-state index in [9.17, 15) is 4.79 Å². The van der Waals surface area contributed by atoms with Crippen molar-refractivity contribution in [2.24, 2.45) is 0 Å². The SMILES string of the molecule is O=C(NCc1cccc(Cl)c1)NC1CCCCCCCCCCC1. The van der Waals surface area contributed by atoms with Gasteiger partial charge in [-0.3, -0.25) is 0 Å². The van der Waals surface area contributed by atoms with Gasteiger partial charge in [-0.15, -0.1) is 0 Å². The third kappa shape index (κ3) is 8.05. The monoisotopic (exact) mass is 350 g/mol. The van der Waals surface area contributed by atoms with Crippen molar-refractivity contribution < 1.29 is 4.79 Å². The molecule has 0 aromatic heterocycles. The molecule has 2 amide bonds. The van der Waals surface area contributed by atoms with Gasteiger partial charge in [0.2, 0.25) is 0 Å². The lowest BCUT2D eigenvalue weighted by Crippen LogP contribution is -2.41. The van der Waals surface area contributed by atoms with E-state index in [-0.39, 0.29) is 6.03 Å². The largest absolute Gasteiger partial charge is 0.335 e. The number of rotatable bonds is 3. The van der Waals surface area contributed by atoms with Crippen LogP contribution in [0.3, 0.4) is 0 Å². The van der Waals surface area contributed by atoms with E-state index in [1.807, 2.05) is 24.3 Å². The van der Waals surface area contributed by atoms with Gasteiger partial charge in [-0.25, -0.2) is 4.79 Å². The topological polar surface area (TPSA) is 41.1 Å². The molecule has 0 atom stereocenters. The van der Waals surface area contributed by atoms with Gasteiger partial charge in [0.05, 0.1) is 0 Å². The van der Waals surface area contributed by atoms with Crippen molar-refractivity contribution in [2.45, 2.75) is 83.2 Å². The van der Waals surface area contributed by atoms with Gasteiger partial charge >= 0.3 is 6.03 Å². The molecule has 1 aliphatic rings. The van der Waals surface area contributed by atoms with E-state index in [1.54, 1.807) is 0 Å². The molecule has 0 unspecified atom stereocenters. The summed E-state index contributed by atoms with van der Waals surface area (Å²) in [7, 11) is 0. The number of hydrogen-bond donors (Lipinski definition) is 2. The van der Waals surface area contributed by atoms with Crippen LogP contribution in [0.1, 0.15) is 76.2 Å². The maximum Gasteiger partial charge on any atom is 0.315 e. The Morgan fingerprint density at radius 2 is 1.54 bits per heavy atom. The average molecular weight is 351 g/mol. The molecule has 1 saturated carbocycles. The Bertz CT molecular complexity index is 480. The van der Waals surface area contributed by atoms with Gasteiger partial charge in [-0.1, -0.05) is 81.5 Å². The zero-order valence-corrected chi connectivity index (χ0v) is 15.4. The molecule has 4 heteroatoms. The lowest BCUT2D eigenvalue weighted by molar-refractivity contribution is 0.234. The van der Waals surface area contributed by atoms with Crippen LogP contribution in [0.4, 0.5) is 4.79 Å². The van der Waals surface area contributed by atoms with E-state index in [0.717, 1.165) is 18.4 Å². The molecular formula is C20H31ClN2O. The Kier molecular flexibility index (Phi) is 9.04. The van der Waals surface area contributed by atoms with Crippen LogP contribution in [0.5, 0.6) is 0 Å². The maximum absolute atomic E-state index is 12.2. The van der Waals surface area contributed by atoms with Gasteiger partial charge in [-0.2, -0.15) is 0 Å². The third-order valence-electron chi connectivity index (χ3n) is 4.78. The zero-order valence-electron chi connectivity index (χ0n) is 14.7. The lowest BCUT2D eigenvalue weighted by atomic mass is 9.98. The van der Waals surface area contributed by atoms with Crippen LogP contribution in [-0.2, 0) is 6.54 Å².